The third-order valence-corrected chi connectivity index (χ3v) is 1.96. The minimum atomic E-state index is -0.848. The van der Waals surface area contributed by atoms with Crippen LogP contribution < -0.4 is 0 Å². The molecule has 0 spiro atoms. The Hall–Kier alpha value is -1.03. The van der Waals surface area contributed by atoms with Crippen LogP contribution in [0, 0.1) is 6.92 Å². The van der Waals surface area contributed by atoms with Crippen molar-refractivity contribution in [2.75, 3.05) is 0 Å². The maximum absolute atomic E-state index is 10.4. The molecule has 0 bridgehead atoms. The topological polar surface area (TPSA) is 50.2 Å². The number of hydrogen-bond donors (Lipinski definition) is 2. The smallest absolute Gasteiger partial charge is 0.307 e. The van der Waals surface area contributed by atoms with Gasteiger partial charge in [0.1, 0.15) is 0 Å². The summed E-state index contributed by atoms with van der Waals surface area (Å²) in [6.45, 7) is 5.82. The third kappa shape index (κ3) is 3.79. The molecule has 0 radical (unpaired) electrons. The van der Waals surface area contributed by atoms with E-state index in [0.717, 1.165) is 11.1 Å². The Bertz CT molecular complexity index is 293. The van der Waals surface area contributed by atoms with Crippen molar-refractivity contribution in [1.29, 1.82) is 0 Å². The summed E-state index contributed by atoms with van der Waals surface area (Å²) in [5, 5.41) is 8.56. The first-order valence-electron chi connectivity index (χ1n) is 4.45. The van der Waals surface area contributed by atoms with E-state index in [1.807, 2.05) is 20.8 Å². The molecule has 3 nitrogen and oxygen atoms in total. The predicted molar refractivity (Wildman–Crippen MR) is 58.9 cm³/mol. The molecule has 0 aliphatic carbocycles. The van der Waals surface area contributed by atoms with Gasteiger partial charge < -0.3 is 5.11 Å². The minimum Gasteiger partial charge on any atom is -0.481 e. The molecule has 0 aliphatic heterocycles. The summed E-state index contributed by atoms with van der Waals surface area (Å²) in [6, 6.07) is 0. The Morgan fingerprint density at radius 2 is 2.07 bits per heavy atom. The zero-order valence-corrected chi connectivity index (χ0v) is 9.51. The number of thiol groups is 1. The highest BCUT2D eigenvalue weighted by Gasteiger charge is 2.07. The van der Waals surface area contributed by atoms with Gasteiger partial charge in [-0.1, -0.05) is 13.8 Å². The van der Waals surface area contributed by atoms with E-state index in [1.165, 1.54) is 0 Å². The Morgan fingerprint density at radius 3 is 2.50 bits per heavy atom. The highest BCUT2D eigenvalue weighted by atomic mass is 32.1. The van der Waals surface area contributed by atoms with E-state index in [1.54, 1.807) is 12.4 Å². The Balaban J connectivity index is 0.000000791. The van der Waals surface area contributed by atoms with E-state index >= 15 is 0 Å². The van der Waals surface area contributed by atoms with E-state index in [-0.39, 0.29) is 6.42 Å². The van der Waals surface area contributed by atoms with Crippen molar-refractivity contribution in [3.63, 3.8) is 0 Å². The summed E-state index contributed by atoms with van der Waals surface area (Å²) >= 11 is 4.12. The fourth-order valence-corrected chi connectivity index (χ4v) is 1.28. The lowest BCUT2D eigenvalue weighted by molar-refractivity contribution is -0.136. The maximum Gasteiger partial charge on any atom is 0.307 e. The van der Waals surface area contributed by atoms with Crippen molar-refractivity contribution >= 4 is 18.6 Å². The number of aromatic nitrogens is 1. The average Bonchev–Trinajstić information content (AvgIpc) is 2.15. The number of hydrogen-bond acceptors (Lipinski definition) is 3. The first kappa shape index (κ1) is 13.0. The zero-order valence-electron chi connectivity index (χ0n) is 8.61. The number of carboxylic acids is 1. The van der Waals surface area contributed by atoms with Crippen LogP contribution in [0.4, 0.5) is 0 Å². The predicted octanol–water partition coefficient (Wildman–Crippen LogP) is 2.33. The molecule has 1 rings (SSSR count). The van der Waals surface area contributed by atoms with E-state index in [9.17, 15) is 4.79 Å². The second-order valence-corrected chi connectivity index (χ2v) is 3.01. The van der Waals surface area contributed by atoms with Crippen molar-refractivity contribution in [2.24, 2.45) is 0 Å². The number of aliphatic carboxylic acids is 1. The van der Waals surface area contributed by atoms with Crippen molar-refractivity contribution in [3.8, 4) is 0 Å². The summed E-state index contributed by atoms with van der Waals surface area (Å²) in [5.74, 6) is -0.848. The molecule has 0 amide bonds. The molecular weight excluding hydrogens is 198 g/mol. The minimum absolute atomic E-state index is 0.00713. The van der Waals surface area contributed by atoms with Gasteiger partial charge in [-0.2, -0.15) is 0 Å². The third-order valence-electron chi connectivity index (χ3n) is 1.58. The van der Waals surface area contributed by atoms with Crippen LogP contribution in [0.1, 0.15) is 25.0 Å². The summed E-state index contributed by atoms with van der Waals surface area (Å²) in [7, 11) is 0. The molecule has 0 saturated carbocycles. The van der Waals surface area contributed by atoms with Crippen molar-refractivity contribution in [3.05, 3.63) is 23.5 Å². The molecule has 0 atom stereocenters. The fraction of sp³-hybridized carbons (Fsp3) is 0.400. The molecule has 0 fully saturated rings. The number of carboxylic acid groups (broad SMARTS) is 1. The molecule has 78 valence electrons. The molecule has 14 heavy (non-hydrogen) atoms. The Morgan fingerprint density at radius 1 is 1.50 bits per heavy atom. The van der Waals surface area contributed by atoms with Crippen LogP contribution in [-0.4, -0.2) is 16.1 Å². The first-order valence-corrected chi connectivity index (χ1v) is 4.90. The van der Waals surface area contributed by atoms with Gasteiger partial charge in [0.25, 0.3) is 0 Å². The molecule has 1 heterocycles. The van der Waals surface area contributed by atoms with Crippen molar-refractivity contribution < 1.29 is 9.90 Å². The van der Waals surface area contributed by atoms with Crippen molar-refractivity contribution in [1.82, 2.24) is 4.98 Å². The van der Waals surface area contributed by atoms with Crippen LogP contribution in [0.15, 0.2) is 17.3 Å². The first-order chi connectivity index (χ1) is 6.61. The van der Waals surface area contributed by atoms with Gasteiger partial charge in [-0.3, -0.25) is 9.78 Å². The summed E-state index contributed by atoms with van der Waals surface area (Å²) in [4.78, 5) is 14.9. The molecule has 1 aromatic heterocycles. The largest absolute Gasteiger partial charge is 0.481 e. The number of pyridine rings is 1. The Labute approximate surface area is 89.6 Å². The van der Waals surface area contributed by atoms with E-state index in [4.69, 9.17) is 5.11 Å². The quantitative estimate of drug-likeness (QED) is 0.741. The maximum atomic E-state index is 10.4. The molecule has 0 saturated heterocycles. The molecule has 0 aliphatic rings. The zero-order chi connectivity index (χ0) is 11.1. The lowest BCUT2D eigenvalue weighted by atomic mass is 10.1. The van der Waals surface area contributed by atoms with Crippen molar-refractivity contribution in [2.45, 2.75) is 32.1 Å². The lowest BCUT2D eigenvalue weighted by Gasteiger charge is -2.04. The van der Waals surface area contributed by atoms with Gasteiger partial charge in [0, 0.05) is 17.3 Å². The highest BCUT2D eigenvalue weighted by Crippen LogP contribution is 2.16. The molecule has 1 aromatic rings. The van der Waals surface area contributed by atoms with Crippen LogP contribution >= 0.6 is 12.6 Å². The van der Waals surface area contributed by atoms with Gasteiger partial charge in [0.05, 0.1) is 6.42 Å². The van der Waals surface area contributed by atoms with Crippen LogP contribution in [0.3, 0.4) is 0 Å². The highest BCUT2D eigenvalue weighted by molar-refractivity contribution is 7.80. The van der Waals surface area contributed by atoms with Crippen LogP contribution in [0.2, 0.25) is 0 Å². The molecular formula is C10H15NO2S. The van der Waals surface area contributed by atoms with Crippen LogP contribution in [0.25, 0.3) is 0 Å². The van der Waals surface area contributed by atoms with Crippen LogP contribution in [0.5, 0.6) is 0 Å². The molecule has 0 unspecified atom stereocenters. The number of carbonyl (C=O) groups is 1. The Kier molecular flexibility index (Phi) is 5.95. The second-order valence-electron chi connectivity index (χ2n) is 2.52. The summed E-state index contributed by atoms with van der Waals surface area (Å²) in [5.41, 5.74) is 1.60. The second kappa shape index (κ2) is 6.43. The lowest BCUT2D eigenvalue weighted by Crippen LogP contribution is -2.03. The van der Waals surface area contributed by atoms with Gasteiger partial charge in [0.15, 0.2) is 0 Å². The monoisotopic (exact) mass is 213 g/mol. The van der Waals surface area contributed by atoms with E-state index in [2.05, 4.69) is 17.6 Å². The van der Waals surface area contributed by atoms with Gasteiger partial charge >= 0.3 is 5.97 Å². The van der Waals surface area contributed by atoms with Gasteiger partial charge in [-0.15, -0.1) is 12.6 Å². The molecule has 4 heteroatoms. The van der Waals surface area contributed by atoms with Gasteiger partial charge in [0.2, 0.25) is 0 Å². The normalized spacial score (nSPS) is 8.86. The van der Waals surface area contributed by atoms with Crippen LogP contribution in [-0.2, 0) is 11.2 Å². The standard InChI is InChI=1S/C8H9NO2S.C2H6/c1-5-3-9-4-7(12)6(5)2-8(10)11;1-2/h3-4,12H,2H2,1H3,(H,10,11);1-2H3. The molecule has 0 aromatic carbocycles. The van der Waals surface area contributed by atoms with E-state index < -0.39 is 5.97 Å². The molecule has 1 N–H and O–H groups in total. The SMILES string of the molecule is CC.Cc1cncc(S)c1CC(=O)O. The summed E-state index contributed by atoms with van der Waals surface area (Å²) in [6.07, 6.45) is 3.19. The summed E-state index contributed by atoms with van der Waals surface area (Å²) < 4.78 is 0. The van der Waals surface area contributed by atoms with Gasteiger partial charge in [-0.25, -0.2) is 0 Å². The van der Waals surface area contributed by atoms with E-state index in [0.29, 0.717) is 4.90 Å². The fourth-order valence-electron chi connectivity index (χ4n) is 0.959. The number of rotatable bonds is 2. The van der Waals surface area contributed by atoms with Gasteiger partial charge in [-0.05, 0) is 18.1 Å². The average molecular weight is 213 g/mol. The number of aryl methyl sites for hydroxylation is 1. The number of nitrogens with zero attached hydrogens (tertiary/aromatic N) is 1.